The van der Waals surface area contributed by atoms with E-state index in [9.17, 15) is 19.2 Å². The average molecular weight is 380 g/mol. The molecule has 0 unspecified atom stereocenters. The molecule has 0 aliphatic carbocycles. The molecule has 2 aromatic carbocycles. The van der Waals surface area contributed by atoms with Gasteiger partial charge in [0.15, 0.2) is 5.78 Å². The summed E-state index contributed by atoms with van der Waals surface area (Å²) in [7, 11) is 0. The zero-order valence-electron chi connectivity index (χ0n) is 14.6. The van der Waals surface area contributed by atoms with Gasteiger partial charge in [-0.25, -0.2) is 0 Å². The van der Waals surface area contributed by atoms with Gasteiger partial charge in [0, 0.05) is 28.2 Å². The van der Waals surface area contributed by atoms with Crippen molar-refractivity contribution in [3.8, 4) is 0 Å². The number of likely N-dealkylation sites (tertiary alicyclic amines) is 1. The van der Waals surface area contributed by atoms with Crippen LogP contribution in [0.1, 0.15) is 30.1 Å². The fraction of sp³-hybridized carbons (Fsp3) is 0.200. The number of carbonyl (C=O) groups excluding carboxylic acids is 4. The van der Waals surface area contributed by atoms with Crippen LogP contribution < -0.4 is 4.90 Å². The number of benzene rings is 2. The molecule has 2 aliphatic rings. The van der Waals surface area contributed by atoms with Crippen LogP contribution >= 0.6 is 11.8 Å². The van der Waals surface area contributed by atoms with Crippen molar-refractivity contribution in [2.75, 3.05) is 11.4 Å². The van der Waals surface area contributed by atoms with Gasteiger partial charge in [-0.1, -0.05) is 30.0 Å². The Kier molecular flexibility index (Phi) is 4.31. The second kappa shape index (κ2) is 6.66. The van der Waals surface area contributed by atoms with Crippen molar-refractivity contribution in [3.05, 3.63) is 48.0 Å². The smallest absolute Gasteiger partial charge is 0.251 e. The molecule has 3 amide bonds. The third-order valence-corrected chi connectivity index (χ3v) is 5.76. The van der Waals surface area contributed by atoms with Gasteiger partial charge in [0.1, 0.15) is 6.54 Å². The van der Waals surface area contributed by atoms with Crippen LogP contribution in [0.15, 0.2) is 52.3 Å². The molecule has 2 aliphatic heterocycles. The first kappa shape index (κ1) is 17.5. The number of Topliss-reactive ketones (excluding diaryl/α,β-unsaturated/α-hetero) is 1. The molecular weight excluding hydrogens is 364 g/mol. The summed E-state index contributed by atoms with van der Waals surface area (Å²) in [6.45, 7) is 1.17. The molecule has 0 aromatic heterocycles. The van der Waals surface area contributed by atoms with Crippen molar-refractivity contribution < 1.29 is 19.2 Å². The molecule has 0 N–H and O–H groups in total. The normalized spacial score (nSPS) is 15.6. The molecule has 7 heteroatoms. The molecule has 136 valence electrons. The molecule has 1 saturated heterocycles. The Hall–Kier alpha value is -2.93. The molecule has 0 radical (unpaired) electrons. The van der Waals surface area contributed by atoms with Gasteiger partial charge in [-0.3, -0.25) is 29.0 Å². The molecule has 0 saturated carbocycles. The first-order valence-corrected chi connectivity index (χ1v) is 9.35. The maximum absolute atomic E-state index is 13.1. The second-order valence-corrected chi connectivity index (χ2v) is 7.50. The summed E-state index contributed by atoms with van der Waals surface area (Å²) in [5, 5.41) is 0. The molecule has 27 heavy (non-hydrogen) atoms. The number of fused-ring (bicyclic) bond motifs is 2. The summed E-state index contributed by atoms with van der Waals surface area (Å²) in [4.78, 5) is 53.1. The minimum Gasteiger partial charge on any atom is -0.295 e. The van der Waals surface area contributed by atoms with Gasteiger partial charge in [0.2, 0.25) is 11.8 Å². The first-order chi connectivity index (χ1) is 13.0. The van der Waals surface area contributed by atoms with Crippen LogP contribution in [0.2, 0.25) is 0 Å². The van der Waals surface area contributed by atoms with Crippen LogP contribution in [0.3, 0.4) is 0 Å². The lowest BCUT2D eigenvalue weighted by atomic mass is 10.1. The maximum atomic E-state index is 13.1. The summed E-state index contributed by atoms with van der Waals surface area (Å²) >= 11 is 1.52. The highest BCUT2D eigenvalue weighted by Gasteiger charge is 2.35. The number of nitrogens with zero attached hydrogens (tertiary/aromatic N) is 2. The van der Waals surface area contributed by atoms with Gasteiger partial charge in [-0.15, -0.1) is 0 Å². The van der Waals surface area contributed by atoms with Crippen molar-refractivity contribution >= 4 is 46.6 Å². The SMILES string of the molecule is CC(=O)c1ccc2c(c1)N(C(=O)CN1C(=O)CCC1=O)c1ccccc1S2. The zero-order valence-corrected chi connectivity index (χ0v) is 15.4. The molecule has 0 bridgehead atoms. The highest BCUT2D eigenvalue weighted by molar-refractivity contribution is 7.99. The fourth-order valence-corrected chi connectivity index (χ4v) is 4.29. The predicted molar refractivity (Wildman–Crippen MR) is 100 cm³/mol. The summed E-state index contributed by atoms with van der Waals surface area (Å²) in [6.07, 6.45) is 0.285. The van der Waals surface area contributed by atoms with Gasteiger partial charge in [-0.05, 0) is 31.2 Å². The maximum Gasteiger partial charge on any atom is 0.251 e. The lowest BCUT2D eigenvalue weighted by Gasteiger charge is -2.32. The third kappa shape index (κ3) is 3.04. The standard InChI is InChI=1S/C20H16N2O4S/c1-12(23)13-6-7-17-15(10-13)22(14-4-2-3-5-16(14)27-17)20(26)11-21-18(24)8-9-19(21)25/h2-7,10H,8-9,11H2,1H3. The number of amides is 3. The molecule has 6 nitrogen and oxygen atoms in total. The van der Waals surface area contributed by atoms with Crippen LogP contribution in [0.5, 0.6) is 0 Å². The molecule has 2 aromatic rings. The summed E-state index contributed by atoms with van der Waals surface area (Å²) < 4.78 is 0. The minimum atomic E-state index is -0.381. The largest absolute Gasteiger partial charge is 0.295 e. The molecular formula is C20H16N2O4S. The van der Waals surface area contributed by atoms with E-state index in [-0.39, 0.29) is 42.9 Å². The lowest BCUT2D eigenvalue weighted by molar-refractivity contribution is -0.141. The second-order valence-electron chi connectivity index (χ2n) is 6.41. The zero-order chi connectivity index (χ0) is 19.1. The monoisotopic (exact) mass is 380 g/mol. The van der Waals surface area contributed by atoms with E-state index in [2.05, 4.69) is 0 Å². The van der Waals surface area contributed by atoms with Crippen molar-refractivity contribution in [3.63, 3.8) is 0 Å². The Labute approximate surface area is 160 Å². The van der Waals surface area contributed by atoms with E-state index in [0.717, 1.165) is 14.7 Å². The van der Waals surface area contributed by atoms with Crippen molar-refractivity contribution in [1.29, 1.82) is 0 Å². The lowest BCUT2D eigenvalue weighted by Crippen LogP contribution is -2.41. The van der Waals surface area contributed by atoms with E-state index in [1.807, 2.05) is 30.3 Å². The molecule has 1 fully saturated rings. The van der Waals surface area contributed by atoms with Crippen molar-refractivity contribution in [2.24, 2.45) is 0 Å². The van der Waals surface area contributed by atoms with E-state index in [1.165, 1.54) is 23.6 Å². The van der Waals surface area contributed by atoms with E-state index in [0.29, 0.717) is 16.9 Å². The predicted octanol–water partition coefficient (Wildman–Crippen LogP) is 3.17. The average Bonchev–Trinajstić information content (AvgIpc) is 2.97. The third-order valence-electron chi connectivity index (χ3n) is 4.63. The Morgan fingerprint density at radius 2 is 1.63 bits per heavy atom. The van der Waals surface area contributed by atoms with Crippen LogP contribution in [-0.4, -0.2) is 34.9 Å². The number of hydrogen-bond donors (Lipinski definition) is 0. The van der Waals surface area contributed by atoms with E-state index >= 15 is 0 Å². The quantitative estimate of drug-likeness (QED) is 0.604. The highest BCUT2D eigenvalue weighted by Crippen LogP contribution is 2.48. The van der Waals surface area contributed by atoms with Crippen LogP contribution in [0, 0.1) is 0 Å². The van der Waals surface area contributed by atoms with E-state index < -0.39 is 0 Å². The van der Waals surface area contributed by atoms with Gasteiger partial charge in [0.05, 0.1) is 11.4 Å². The Bertz CT molecular complexity index is 985. The summed E-state index contributed by atoms with van der Waals surface area (Å²) in [5.74, 6) is -1.14. The molecule has 0 spiro atoms. The Balaban J connectivity index is 1.77. The summed E-state index contributed by atoms with van der Waals surface area (Å²) in [5.41, 5.74) is 1.77. The van der Waals surface area contributed by atoms with Crippen LogP contribution in [0.25, 0.3) is 0 Å². The number of hydrogen-bond acceptors (Lipinski definition) is 5. The highest BCUT2D eigenvalue weighted by atomic mass is 32.2. The fourth-order valence-electron chi connectivity index (χ4n) is 3.25. The van der Waals surface area contributed by atoms with Gasteiger partial charge >= 0.3 is 0 Å². The van der Waals surface area contributed by atoms with Crippen molar-refractivity contribution in [2.45, 2.75) is 29.6 Å². The number of ketones is 1. The number of rotatable bonds is 3. The van der Waals surface area contributed by atoms with Gasteiger partial charge < -0.3 is 0 Å². The topological polar surface area (TPSA) is 74.8 Å². The first-order valence-electron chi connectivity index (χ1n) is 8.54. The van der Waals surface area contributed by atoms with Crippen LogP contribution in [0.4, 0.5) is 11.4 Å². The number of imide groups is 1. The van der Waals surface area contributed by atoms with Crippen LogP contribution in [-0.2, 0) is 14.4 Å². The Morgan fingerprint density at radius 3 is 2.33 bits per heavy atom. The summed E-state index contributed by atoms with van der Waals surface area (Å²) in [6, 6.07) is 12.7. The molecule has 4 rings (SSSR count). The number of carbonyl (C=O) groups is 4. The van der Waals surface area contributed by atoms with E-state index in [4.69, 9.17) is 0 Å². The number of anilines is 2. The molecule has 2 heterocycles. The van der Waals surface area contributed by atoms with Crippen molar-refractivity contribution in [1.82, 2.24) is 4.90 Å². The minimum absolute atomic E-state index is 0.0982. The van der Waals surface area contributed by atoms with Gasteiger partial charge in [-0.2, -0.15) is 0 Å². The van der Waals surface area contributed by atoms with E-state index in [1.54, 1.807) is 12.1 Å². The molecule has 0 atom stereocenters. The van der Waals surface area contributed by atoms with Gasteiger partial charge in [0.25, 0.3) is 5.91 Å². The Morgan fingerprint density at radius 1 is 0.963 bits per heavy atom. The number of para-hydroxylation sites is 1.